The zero-order valence-electron chi connectivity index (χ0n) is 9.09. The molecule has 1 aromatic carbocycles. The second-order valence-electron chi connectivity index (χ2n) is 3.52. The number of hydrogen-bond acceptors (Lipinski definition) is 3. The molecule has 0 aliphatic rings. The molecule has 1 heterocycles. The highest BCUT2D eigenvalue weighted by Gasteiger charge is 2.07. The van der Waals surface area contributed by atoms with E-state index in [0.717, 1.165) is 0 Å². The molecule has 4 nitrogen and oxygen atoms in total. The molecule has 0 unspecified atom stereocenters. The minimum atomic E-state index is -0.459. The quantitative estimate of drug-likeness (QED) is 0.785. The van der Waals surface area contributed by atoms with E-state index in [1.807, 2.05) is 6.07 Å². The van der Waals surface area contributed by atoms with Gasteiger partial charge >= 0.3 is 0 Å². The molecule has 2 aromatic rings. The number of nitriles is 2. The maximum Gasteiger partial charge on any atom is 0.273 e. The van der Waals surface area contributed by atoms with E-state index in [9.17, 15) is 4.79 Å². The van der Waals surface area contributed by atoms with Crippen molar-refractivity contribution >= 4 is 11.6 Å². The van der Waals surface area contributed by atoms with Crippen LogP contribution in [0.3, 0.4) is 0 Å². The average molecular weight is 256 g/mol. The third kappa shape index (κ3) is 2.10. The third-order valence-electron chi connectivity index (χ3n) is 2.37. The van der Waals surface area contributed by atoms with Crippen molar-refractivity contribution in [1.82, 2.24) is 4.57 Å². The monoisotopic (exact) mass is 255 g/mol. The van der Waals surface area contributed by atoms with Gasteiger partial charge in [-0.15, -0.1) is 0 Å². The predicted octanol–water partition coefficient (Wildman–Crippen LogP) is 2.23. The van der Waals surface area contributed by atoms with E-state index in [-0.39, 0.29) is 11.1 Å². The highest BCUT2D eigenvalue weighted by Crippen LogP contribution is 2.13. The van der Waals surface area contributed by atoms with E-state index in [1.54, 1.807) is 30.3 Å². The lowest BCUT2D eigenvalue weighted by Crippen LogP contribution is -2.20. The molecule has 1 aromatic heterocycles. The molecule has 0 saturated heterocycles. The van der Waals surface area contributed by atoms with Crippen LogP contribution in [-0.2, 0) is 0 Å². The van der Waals surface area contributed by atoms with Gasteiger partial charge in [-0.1, -0.05) is 11.6 Å². The first-order valence-corrected chi connectivity index (χ1v) is 5.36. The Hall–Kier alpha value is -2.56. The normalized spacial score (nSPS) is 9.50. The summed E-state index contributed by atoms with van der Waals surface area (Å²) in [5, 5.41) is 18.3. The van der Waals surface area contributed by atoms with Crippen LogP contribution in [-0.4, -0.2) is 4.57 Å². The van der Waals surface area contributed by atoms with Crippen LogP contribution >= 0.6 is 11.6 Å². The molecule has 5 heteroatoms. The van der Waals surface area contributed by atoms with Gasteiger partial charge in [0.15, 0.2) is 0 Å². The fourth-order valence-corrected chi connectivity index (χ4v) is 1.64. The Morgan fingerprint density at radius 2 is 1.78 bits per heavy atom. The molecular formula is C13H6ClN3O. The van der Waals surface area contributed by atoms with Gasteiger partial charge in [-0.2, -0.15) is 10.5 Å². The van der Waals surface area contributed by atoms with Gasteiger partial charge in [-0.05, 0) is 30.3 Å². The maximum absolute atomic E-state index is 12.0. The summed E-state index contributed by atoms with van der Waals surface area (Å²) < 4.78 is 1.26. The standard InChI is InChI=1S/C13H6ClN3O/c14-11-1-3-12(4-2-11)17-8-9(6-15)5-10(7-16)13(17)18/h1-5,8H. The average Bonchev–Trinajstić information content (AvgIpc) is 2.40. The summed E-state index contributed by atoms with van der Waals surface area (Å²) in [4.78, 5) is 12.0. The number of halogens is 1. The Bertz CT molecular complexity index is 733. The van der Waals surface area contributed by atoms with Crippen molar-refractivity contribution in [3.63, 3.8) is 0 Å². The number of hydrogen-bond donors (Lipinski definition) is 0. The molecule has 0 bridgehead atoms. The van der Waals surface area contributed by atoms with E-state index < -0.39 is 5.56 Å². The maximum atomic E-state index is 12.0. The molecule has 0 fully saturated rings. The highest BCUT2D eigenvalue weighted by atomic mass is 35.5. The number of benzene rings is 1. The van der Waals surface area contributed by atoms with Gasteiger partial charge < -0.3 is 0 Å². The van der Waals surface area contributed by atoms with Crippen LogP contribution in [0.1, 0.15) is 11.1 Å². The Morgan fingerprint density at radius 1 is 1.11 bits per heavy atom. The van der Waals surface area contributed by atoms with Crippen molar-refractivity contribution in [2.75, 3.05) is 0 Å². The van der Waals surface area contributed by atoms with Gasteiger partial charge in [-0.3, -0.25) is 9.36 Å². The van der Waals surface area contributed by atoms with E-state index in [4.69, 9.17) is 22.1 Å². The zero-order chi connectivity index (χ0) is 13.1. The summed E-state index contributed by atoms with van der Waals surface area (Å²) in [5.74, 6) is 0. The van der Waals surface area contributed by atoms with Crippen LogP contribution < -0.4 is 5.56 Å². The first-order valence-electron chi connectivity index (χ1n) is 4.98. The minimum Gasteiger partial charge on any atom is -0.282 e. The van der Waals surface area contributed by atoms with Gasteiger partial charge in [-0.25, -0.2) is 0 Å². The second kappa shape index (κ2) is 4.75. The molecule has 0 atom stereocenters. The van der Waals surface area contributed by atoms with E-state index in [2.05, 4.69) is 0 Å². The highest BCUT2D eigenvalue weighted by molar-refractivity contribution is 6.30. The van der Waals surface area contributed by atoms with Crippen LogP contribution in [0.4, 0.5) is 0 Å². The zero-order valence-corrected chi connectivity index (χ0v) is 9.85. The summed E-state index contributed by atoms with van der Waals surface area (Å²) >= 11 is 5.76. The lowest BCUT2D eigenvalue weighted by molar-refractivity contribution is 0.977. The molecule has 86 valence electrons. The summed E-state index contributed by atoms with van der Waals surface area (Å²) in [7, 11) is 0. The SMILES string of the molecule is N#Cc1cc(C#N)c(=O)n(-c2ccc(Cl)cc2)c1. The Labute approximate surface area is 108 Å². The summed E-state index contributed by atoms with van der Waals surface area (Å²) in [5.41, 5.74) is 0.280. The molecule has 0 radical (unpaired) electrons. The van der Waals surface area contributed by atoms with Gasteiger partial charge in [0, 0.05) is 16.9 Å². The largest absolute Gasteiger partial charge is 0.282 e. The molecule has 0 amide bonds. The van der Waals surface area contributed by atoms with Gasteiger partial charge in [0.05, 0.1) is 5.56 Å². The third-order valence-corrected chi connectivity index (χ3v) is 2.62. The Kier molecular flexibility index (Phi) is 3.14. The summed E-state index contributed by atoms with van der Waals surface area (Å²) in [6.07, 6.45) is 1.40. The summed E-state index contributed by atoms with van der Waals surface area (Å²) in [6.45, 7) is 0. The van der Waals surface area contributed by atoms with Crippen molar-refractivity contribution in [3.05, 3.63) is 63.0 Å². The second-order valence-corrected chi connectivity index (χ2v) is 3.95. The van der Waals surface area contributed by atoms with Gasteiger partial charge in [0.1, 0.15) is 17.7 Å². The van der Waals surface area contributed by atoms with E-state index >= 15 is 0 Å². The molecule has 2 rings (SSSR count). The topological polar surface area (TPSA) is 69.6 Å². The van der Waals surface area contributed by atoms with Crippen molar-refractivity contribution in [3.8, 4) is 17.8 Å². The molecule has 18 heavy (non-hydrogen) atoms. The van der Waals surface area contributed by atoms with Crippen molar-refractivity contribution in [2.45, 2.75) is 0 Å². The van der Waals surface area contributed by atoms with Crippen LogP contribution in [0, 0.1) is 22.7 Å². The van der Waals surface area contributed by atoms with Gasteiger partial charge in [0.25, 0.3) is 5.56 Å². The number of nitrogens with zero attached hydrogens (tertiary/aromatic N) is 3. The van der Waals surface area contributed by atoms with Crippen LogP contribution in [0.25, 0.3) is 5.69 Å². The fourth-order valence-electron chi connectivity index (χ4n) is 1.52. The molecular weight excluding hydrogens is 250 g/mol. The van der Waals surface area contributed by atoms with Crippen LogP contribution in [0.15, 0.2) is 41.3 Å². The number of pyridine rings is 1. The fraction of sp³-hybridized carbons (Fsp3) is 0. The summed E-state index contributed by atoms with van der Waals surface area (Å²) in [6, 6.07) is 11.5. The van der Waals surface area contributed by atoms with Crippen molar-refractivity contribution in [1.29, 1.82) is 10.5 Å². The van der Waals surface area contributed by atoms with Crippen LogP contribution in [0.2, 0.25) is 5.02 Å². The van der Waals surface area contributed by atoms with E-state index in [0.29, 0.717) is 10.7 Å². The predicted molar refractivity (Wildman–Crippen MR) is 66.5 cm³/mol. The first-order chi connectivity index (χ1) is 8.65. The van der Waals surface area contributed by atoms with Crippen molar-refractivity contribution in [2.24, 2.45) is 0 Å². The molecule has 0 aliphatic carbocycles. The Morgan fingerprint density at radius 3 is 2.33 bits per heavy atom. The molecule has 0 spiro atoms. The smallest absolute Gasteiger partial charge is 0.273 e. The number of aromatic nitrogens is 1. The van der Waals surface area contributed by atoms with Gasteiger partial charge in [0.2, 0.25) is 0 Å². The molecule has 0 N–H and O–H groups in total. The van der Waals surface area contributed by atoms with Crippen molar-refractivity contribution < 1.29 is 0 Å². The molecule has 0 saturated carbocycles. The van der Waals surface area contributed by atoms with E-state index in [1.165, 1.54) is 16.8 Å². The lowest BCUT2D eigenvalue weighted by atomic mass is 10.2. The minimum absolute atomic E-state index is 0.0657. The molecule has 0 aliphatic heterocycles. The Balaban J connectivity index is 2.72. The van der Waals surface area contributed by atoms with Crippen LogP contribution in [0.5, 0.6) is 0 Å². The number of rotatable bonds is 1. The first kappa shape index (κ1) is 11.9. The lowest BCUT2D eigenvalue weighted by Gasteiger charge is -2.06.